The van der Waals surface area contributed by atoms with Gasteiger partial charge in [-0.15, -0.1) is 0 Å². The molecule has 0 spiro atoms. The Kier molecular flexibility index (Phi) is 4.14. The smallest absolute Gasteiger partial charge is 0.360 e. The van der Waals surface area contributed by atoms with E-state index in [2.05, 4.69) is 5.10 Å². The quantitative estimate of drug-likeness (QED) is 0.946. The monoisotopic (exact) mass is 306 g/mol. The van der Waals surface area contributed by atoms with Gasteiger partial charge in [0.25, 0.3) is 0 Å². The largest absolute Gasteiger partial charge is 0.476 e. The van der Waals surface area contributed by atoms with E-state index in [4.69, 9.17) is 16.7 Å². The lowest BCUT2D eigenvalue weighted by Gasteiger charge is -2.12. The summed E-state index contributed by atoms with van der Waals surface area (Å²) in [6.45, 7) is 5.52. The van der Waals surface area contributed by atoms with E-state index in [1.807, 2.05) is 26.8 Å². The van der Waals surface area contributed by atoms with Gasteiger partial charge in [-0.3, -0.25) is 4.79 Å². The van der Waals surface area contributed by atoms with Crippen molar-refractivity contribution in [2.75, 3.05) is 0 Å². The van der Waals surface area contributed by atoms with E-state index in [0.29, 0.717) is 16.3 Å². The van der Waals surface area contributed by atoms with Gasteiger partial charge in [0.2, 0.25) is 11.1 Å². The molecule has 2 aromatic rings. The first-order chi connectivity index (χ1) is 9.81. The lowest BCUT2D eigenvalue weighted by molar-refractivity contribution is 0.0686. The minimum absolute atomic E-state index is 0.106. The van der Waals surface area contributed by atoms with Gasteiger partial charge in [0.05, 0.1) is 5.69 Å². The summed E-state index contributed by atoms with van der Waals surface area (Å²) < 4.78 is 1.38. The van der Waals surface area contributed by atoms with Gasteiger partial charge in [0.15, 0.2) is 0 Å². The Bertz CT molecular complexity index is 766. The van der Waals surface area contributed by atoms with Crippen molar-refractivity contribution in [3.8, 4) is 5.69 Å². The van der Waals surface area contributed by atoms with E-state index in [9.17, 15) is 9.59 Å². The third-order valence-electron chi connectivity index (χ3n) is 3.19. The first kappa shape index (κ1) is 15.3. The molecular weight excluding hydrogens is 292 g/mol. The van der Waals surface area contributed by atoms with Gasteiger partial charge in [-0.1, -0.05) is 31.5 Å². The number of rotatable bonds is 3. The van der Waals surface area contributed by atoms with E-state index < -0.39 is 17.1 Å². The number of aromatic carboxylic acids is 1. The van der Waals surface area contributed by atoms with Crippen molar-refractivity contribution < 1.29 is 9.90 Å². The molecular formula is C15H15ClN2O3. The Balaban J connectivity index is 2.71. The summed E-state index contributed by atoms with van der Waals surface area (Å²) >= 11 is 6.08. The fourth-order valence-corrected chi connectivity index (χ4v) is 2.09. The lowest BCUT2D eigenvalue weighted by atomic mass is 10.0. The molecule has 0 saturated carbocycles. The zero-order valence-corrected chi connectivity index (χ0v) is 12.7. The van der Waals surface area contributed by atoms with Crippen LogP contribution in [0.5, 0.6) is 0 Å². The van der Waals surface area contributed by atoms with Gasteiger partial charge in [-0.05, 0) is 30.5 Å². The average Bonchev–Trinajstić information content (AvgIpc) is 2.41. The summed E-state index contributed by atoms with van der Waals surface area (Å²) in [5.41, 5.74) is 0.878. The van der Waals surface area contributed by atoms with Crippen LogP contribution < -0.4 is 5.43 Å². The molecule has 0 saturated heterocycles. The van der Waals surface area contributed by atoms with Crippen molar-refractivity contribution >= 4 is 17.6 Å². The molecule has 0 radical (unpaired) electrons. The van der Waals surface area contributed by atoms with E-state index in [1.54, 1.807) is 18.3 Å². The number of carbonyl (C=O) groups is 1. The summed E-state index contributed by atoms with van der Waals surface area (Å²) in [5.74, 6) is -1.44. The topological polar surface area (TPSA) is 72.2 Å². The molecule has 0 aliphatic heterocycles. The molecule has 110 valence electrons. The Morgan fingerprint density at radius 2 is 2.05 bits per heavy atom. The van der Waals surface area contributed by atoms with Crippen LogP contribution in [0.2, 0.25) is 5.02 Å². The fraction of sp³-hybridized carbons (Fsp3) is 0.267. The van der Waals surface area contributed by atoms with Crippen LogP contribution in [-0.2, 0) is 0 Å². The van der Waals surface area contributed by atoms with Gasteiger partial charge in [-0.25, -0.2) is 9.48 Å². The predicted octanol–water partition coefficient (Wildman–Crippen LogP) is 3.02. The van der Waals surface area contributed by atoms with Gasteiger partial charge >= 0.3 is 5.97 Å². The third kappa shape index (κ3) is 2.97. The molecule has 0 unspecified atom stereocenters. The van der Waals surface area contributed by atoms with Crippen LogP contribution in [0.25, 0.3) is 5.69 Å². The van der Waals surface area contributed by atoms with Crippen molar-refractivity contribution in [3.05, 3.63) is 56.5 Å². The molecule has 0 fully saturated rings. The molecule has 0 aliphatic carbocycles. The number of hydrogen-bond donors (Lipinski definition) is 1. The molecule has 0 bridgehead atoms. The van der Waals surface area contributed by atoms with Crippen LogP contribution in [0.15, 0.2) is 29.2 Å². The van der Waals surface area contributed by atoms with Crippen molar-refractivity contribution in [1.29, 1.82) is 0 Å². The molecule has 2 rings (SSSR count). The van der Waals surface area contributed by atoms with Crippen molar-refractivity contribution in [2.24, 2.45) is 0 Å². The number of aryl methyl sites for hydroxylation is 1. The minimum Gasteiger partial charge on any atom is -0.476 e. The molecule has 1 aromatic heterocycles. The molecule has 0 amide bonds. The highest BCUT2D eigenvalue weighted by molar-refractivity contribution is 6.31. The number of carboxylic acids is 1. The maximum Gasteiger partial charge on any atom is 0.360 e. The van der Waals surface area contributed by atoms with E-state index in [1.165, 1.54) is 4.68 Å². The average molecular weight is 307 g/mol. The third-order valence-corrected chi connectivity index (χ3v) is 3.60. The van der Waals surface area contributed by atoms with Crippen LogP contribution in [0.3, 0.4) is 0 Å². The molecule has 6 heteroatoms. The SMILES string of the molecule is Cc1ccc(-n2cc(C(C)C)c(=O)c(C(=O)O)n2)cc1Cl. The molecule has 1 N–H and O–H groups in total. The number of benzene rings is 1. The second-order valence-corrected chi connectivity index (χ2v) is 5.51. The summed E-state index contributed by atoms with van der Waals surface area (Å²) in [4.78, 5) is 23.3. The van der Waals surface area contributed by atoms with Crippen molar-refractivity contribution in [1.82, 2.24) is 9.78 Å². The van der Waals surface area contributed by atoms with E-state index in [-0.39, 0.29) is 5.92 Å². The highest BCUT2D eigenvalue weighted by Crippen LogP contribution is 2.20. The van der Waals surface area contributed by atoms with Crippen molar-refractivity contribution in [3.63, 3.8) is 0 Å². The number of aromatic nitrogens is 2. The van der Waals surface area contributed by atoms with Crippen LogP contribution in [0.1, 0.15) is 41.4 Å². The highest BCUT2D eigenvalue weighted by Gasteiger charge is 2.18. The first-order valence-corrected chi connectivity index (χ1v) is 6.82. The first-order valence-electron chi connectivity index (χ1n) is 6.45. The summed E-state index contributed by atoms with van der Waals surface area (Å²) in [6.07, 6.45) is 1.56. The second kappa shape index (κ2) is 5.69. The predicted molar refractivity (Wildman–Crippen MR) is 80.6 cm³/mol. The molecule has 5 nitrogen and oxygen atoms in total. The number of carboxylic acid groups (broad SMARTS) is 1. The Hall–Kier alpha value is -2.14. The minimum atomic E-state index is -1.34. The maximum absolute atomic E-state index is 12.1. The van der Waals surface area contributed by atoms with Gasteiger partial charge in [0.1, 0.15) is 0 Å². The van der Waals surface area contributed by atoms with Crippen LogP contribution in [0, 0.1) is 6.92 Å². The van der Waals surface area contributed by atoms with Gasteiger partial charge < -0.3 is 5.11 Å². The Morgan fingerprint density at radius 3 is 2.57 bits per heavy atom. The lowest BCUT2D eigenvalue weighted by Crippen LogP contribution is -2.25. The van der Waals surface area contributed by atoms with E-state index >= 15 is 0 Å². The Labute approximate surface area is 126 Å². The van der Waals surface area contributed by atoms with Gasteiger partial charge in [-0.2, -0.15) is 5.10 Å². The normalized spacial score (nSPS) is 10.9. The van der Waals surface area contributed by atoms with Crippen LogP contribution >= 0.6 is 11.6 Å². The standard InChI is InChI=1S/C15H15ClN2O3/c1-8(2)11-7-18(17-13(14(11)19)15(20)21)10-5-4-9(3)12(16)6-10/h4-8H,1-3H3,(H,20,21). The molecule has 1 aromatic carbocycles. The number of nitrogens with zero attached hydrogens (tertiary/aromatic N) is 2. The summed E-state index contributed by atoms with van der Waals surface area (Å²) in [5, 5.41) is 13.6. The zero-order chi connectivity index (χ0) is 15.7. The second-order valence-electron chi connectivity index (χ2n) is 5.10. The molecule has 0 atom stereocenters. The number of hydrogen-bond acceptors (Lipinski definition) is 3. The highest BCUT2D eigenvalue weighted by atomic mass is 35.5. The summed E-state index contributed by atoms with van der Waals surface area (Å²) in [6, 6.07) is 5.27. The van der Waals surface area contributed by atoms with E-state index in [0.717, 1.165) is 5.56 Å². The summed E-state index contributed by atoms with van der Waals surface area (Å²) in [7, 11) is 0. The Morgan fingerprint density at radius 1 is 1.38 bits per heavy atom. The fourth-order valence-electron chi connectivity index (χ4n) is 1.92. The van der Waals surface area contributed by atoms with Crippen LogP contribution in [-0.4, -0.2) is 20.9 Å². The molecule has 21 heavy (non-hydrogen) atoms. The molecule has 1 heterocycles. The zero-order valence-electron chi connectivity index (χ0n) is 11.9. The molecule has 0 aliphatic rings. The number of halogens is 1. The van der Waals surface area contributed by atoms with Gasteiger partial charge in [0, 0.05) is 16.8 Å². The van der Waals surface area contributed by atoms with Crippen LogP contribution in [0.4, 0.5) is 0 Å². The van der Waals surface area contributed by atoms with Crippen molar-refractivity contribution in [2.45, 2.75) is 26.7 Å². The maximum atomic E-state index is 12.1.